The van der Waals surface area contributed by atoms with Crippen LogP contribution in [-0.4, -0.2) is 6.71 Å². The topological polar surface area (TPSA) is 6.48 Å². The summed E-state index contributed by atoms with van der Waals surface area (Å²) in [5.74, 6) is 0.398. The minimum Gasteiger partial charge on any atom is -0.311 e. The summed E-state index contributed by atoms with van der Waals surface area (Å²) in [5.41, 5.74) is 29.2. The van der Waals surface area contributed by atoms with Crippen molar-refractivity contribution in [3.63, 3.8) is 0 Å². The van der Waals surface area contributed by atoms with Crippen LogP contribution >= 0.6 is 11.3 Å². The van der Waals surface area contributed by atoms with Crippen molar-refractivity contribution in [2.24, 2.45) is 0 Å². The SMILES string of the molecule is Cc1ccc(N2c3cc(C)cc4c3B(c3ccc(-c5cc(C(C)C)ccc5-c5ccccc5)cc3N4c3ccccc3)c3sc4c(c32)-c2ccc(C)cc2C42c3ccccc3-c3ccccc32)cc1. The highest BCUT2D eigenvalue weighted by molar-refractivity contribution is 7.30. The molecule has 0 saturated heterocycles. The second-order valence-corrected chi connectivity index (χ2v) is 21.1. The minimum atomic E-state index is -0.456. The van der Waals surface area contributed by atoms with Crippen LogP contribution in [0, 0.1) is 20.8 Å². The molecule has 69 heavy (non-hydrogen) atoms. The van der Waals surface area contributed by atoms with Crippen molar-refractivity contribution in [2.45, 2.75) is 46.0 Å². The summed E-state index contributed by atoms with van der Waals surface area (Å²) >= 11 is 2.06. The van der Waals surface area contributed by atoms with Crippen molar-refractivity contribution in [1.82, 2.24) is 0 Å². The van der Waals surface area contributed by atoms with E-state index in [2.05, 4.69) is 256 Å². The number of aryl methyl sites for hydroxylation is 3. The third-order valence-electron chi connectivity index (χ3n) is 15.6. The molecule has 0 unspecified atom stereocenters. The number of para-hydroxylation sites is 1. The molecule has 328 valence electrons. The van der Waals surface area contributed by atoms with E-state index >= 15 is 0 Å². The van der Waals surface area contributed by atoms with E-state index < -0.39 is 5.41 Å². The molecular formula is C65H49BN2S. The number of hydrogen-bond donors (Lipinski definition) is 0. The fourth-order valence-corrected chi connectivity index (χ4v) is 14.2. The molecular weight excluding hydrogens is 852 g/mol. The van der Waals surface area contributed by atoms with E-state index in [0.29, 0.717) is 5.92 Å². The average molecular weight is 901 g/mol. The Morgan fingerprint density at radius 3 is 1.78 bits per heavy atom. The highest BCUT2D eigenvalue weighted by Gasteiger charge is 2.57. The molecule has 0 amide bonds. The molecule has 0 atom stereocenters. The van der Waals surface area contributed by atoms with Gasteiger partial charge >= 0.3 is 0 Å². The zero-order chi connectivity index (χ0) is 46.3. The molecule has 1 spiro atoms. The lowest BCUT2D eigenvalue weighted by Gasteiger charge is -2.43. The van der Waals surface area contributed by atoms with Crippen LogP contribution < -0.4 is 25.5 Å². The Bertz CT molecular complexity index is 3710. The van der Waals surface area contributed by atoms with Crippen molar-refractivity contribution in [3.05, 3.63) is 244 Å². The van der Waals surface area contributed by atoms with E-state index in [1.165, 1.54) is 132 Å². The van der Waals surface area contributed by atoms with Crippen LogP contribution in [0.15, 0.2) is 200 Å². The van der Waals surface area contributed by atoms with Gasteiger partial charge < -0.3 is 9.80 Å². The first-order chi connectivity index (χ1) is 33.8. The normalized spacial score (nSPS) is 14.0. The van der Waals surface area contributed by atoms with Crippen LogP contribution in [0.4, 0.5) is 34.1 Å². The highest BCUT2D eigenvalue weighted by atomic mass is 32.1. The molecule has 1 aromatic heterocycles. The molecule has 0 radical (unpaired) electrons. The number of hydrogen-bond acceptors (Lipinski definition) is 3. The Morgan fingerprint density at radius 2 is 1.07 bits per heavy atom. The van der Waals surface area contributed by atoms with E-state index in [9.17, 15) is 0 Å². The third-order valence-corrected chi connectivity index (χ3v) is 16.9. The molecule has 14 rings (SSSR count). The van der Waals surface area contributed by atoms with Gasteiger partial charge in [-0.3, -0.25) is 0 Å². The molecule has 0 fully saturated rings. The highest BCUT2D eigenvalue weighted by Crippen LogP contribution is 2.67. The summed E-state index contributed by atoms with van der Waals surface area (Å²) in [6.07, 6.45) is 0. The van der Waals surface area contributed by atoms with Gasteiger partial charge in [0.05, 0.1) is 11.1 Å². The third kappa shape index (κ3) is 5.61. The van der Waals surface area contributed by atoms with Crippen molar-refractivity contribution in [1.29, 1.82) is 0 Å². The lowest BCUT2D eigenvalue weighted by atomic mass is 9.36. The van der Waals surface area contributed by atoms with Gasteiger partial charge in [-0.2, -0.15) is 0 Å². The average Bonchev–Trinajstić information content (AvgIpc) is 4.00. The Kier molecular flexibility index (Phi) is 8.74. The zero-order valence-corrected chi connectivity index (χ0v) is 40.3. The van der Waals surface area contributed by atoms with Gasteiger partial charge in [-0.25, -0.2) is 0 Å². The van der Waals surface area contributed by atoms with Crippen molar-refractivity contribution in [3.8, 4) is 44.5 Å². The second-order valence-electron chi connectivity index (χ2n) is 20.0. The molecule has 3 heterocycles. The summed E-state index contributed by atoms with van der Waals surface area (Å²) in [5, 5.41) is 0. The summed E-state index contributed by atoms with van der Waals surface area (Å²) in [6, 6.07) is 76.4. The van der Waals surface area contributed by atoms with Gasteiger partial charge in [0.15, 0.2) is 0 Å². The van der Waals surface area contributed by atoms with Gasteiger partial charge in [0.2, 0.25) is 0 Å². The van der Waals surface area contributed by atoms with Crippen LogP contribution in [0.5, 0.6) is 0 Å². The molecule has 10 aromatic rings. The fourth-order valence-electron chi connectivity index (χ4n) is 12.5. The van der Waals surface area contributed by atoms with Crippen LogP contribution in [-0.2, 0) is 5.41 Å². The number of thiophene rings is 1. The number of nitrogens with zero attached hydrogens (tertiary/aromatic N) is 2. The first-order valence-corrected chi connectivity index (χ1v) is 25.3. The number of fused-ring (bicyclic) bond motifs is 15. The maximum Gasteiger partial charge on any atom is 0.264 e. The lowest BCUT2D eigenvalue weighted by Crippen LogP contribution is -2.60. The van der Waals surface area contributed by atoms with E-state index in [4.69, 9.17) is 0 Å². The van der Waals surface area contributed by atoms with Crippen LogP contribution in [0.2, 0.25) is 0 Å². The summed E-state index contributed by atoms with van der Waals surface area (Å²) in [4.78, 5) is 6.64. The molecule has 2 nitrogen and oxygen atoms in total. The number of rotatable bonds is 5. The Morgan fingerprint density at radius 1 is 0.449 bits per heavy atom. The summed E-state index contributed by atoms with van der Waals surface area (Å²) in [7, 11) is 0. The zero-order valence-electron chi connectivity index (χ0n) is 39.5. The maximum atomic E-state index is 2.65. The molecule has 4 heteroatoms. The predicted molar refractivity (Wildman–Crippen MR) is 294 cm³/mol. The van der Waals surface area contributed by atoms with Crippen LogP contribution in [0.1, 0.15) is 63.6 Å². The van der Waals surface area contributed by atoms with E-state index in [-0.39, 0.29) is 6.71 Å². The molecule has 0 saturated carbocycles. The molecule has 2 aliphatic carbocycles. The van der Waals surface area contributed by atoms with Crippen molar-refractivity contribution in [2.75, 3.05) is 9.80 Å². The van der Waals surface area contributed by atoms with Crippen LogP contribution in [0.25, 0.3) is 44.5 Å². The molecule has 4 aliphatic rings. The van der Waals surface area contributed by atoms with E-state index in [1.54, 1.807) is 0 Å². The van der Waals surface area contributed by atoms with Gasteiger partial charge in [0, 0.05) is 43.7 Å². The summed E-state index contributed by atoms with van der Waals surface area (Å²) < 4.78 is 1.40. The van der Waals surface area contributed by atoms with Crippen LogP contribution in [0.3, 0.4) is 0 Å². The standard InChI is InChI=1S/C65H49BN2S/c1-39(2)44-27-32-48(43-16-8-6-9-17-43)52(37-44)45-28-33-56-57(38-45)67(46-18-10-7-11-19-46)58-35-42(5)36-59-61(58)66(56)64-62(68(59)47-29-24-40(3)25-30-47)60-51-31-26-41(4)34-55(51)65(63(60)69-64)53-22-14-12-20-49(53)50-21-13-15-23-54(50)65/h6-39H,1-5H3. The van der Waals surface area contributed by atoms with E-state index in [1.807, 2.05) is 0 Å². The maximum absolute atomic E-state index is 2.65. The van der Waals surface area contributed by atoms with Gasteiger partial charge in [0.1, 0.15) is 0 Å². The summed E-state index contributed by atoms with van der Waals surface area (Å²) in [6.45, 7) is 11.3. The quantitative estimate of drug-likeness (QED) is 0.159. The van der Waals surface area contributed by atoms with Gasteiger partial charge in [-0.15, -0.1) is 11.3 Å². The first kappa shape index (κ1) is 40.4. The molecule has 2 aliphatic heterocycles. The number of benzene rings is 9. The number of anilines is 6. The second kappa shape index (κ2) is 14.9. The molecule has 0 bridgehead atoms. The van der Waals surface area contributed by atoms with Gasteiger partial charge in [-0.1, -0.05) is 183 Å². The largest absolute Gasteiger partial charge is 0.311 e. The minimum absolute atomic E-state index is 0.0136. The predicted octanol–water partition coefficient (Wildman–Crippen LogP) is 15.6. The monoisotopic (exact) mass is 900 g/mol. The lowest BCUT2D eigenvalue weighted by molar-refractivity contribution is 0.810. The molecule has 9 aromatic carbocycles. The first-order valence-electron chi connectivity index (χ1n) is 24.5. The van der Waals surface area contributed by atoms with Crippen molar-refractivity contribution < 1.29 is 0 Å². The van der Waals surface area contributed by atoms with Gasteiger partial charge in [-0.05, 0) is 147 Å². The fraction of sp³-hybridized carbons (Fsp3) is 0.108. The smallest absolute Gasteiger partial charge is 0.264 e. The molecule has 0 N–H and O–H groups in total. The van der Waals surface area contributed by atoms with Crippen molar-refractivity contribution >= 4 is 67.9 Å². The Hall–Kier alpha value is -7.66. The van der Waals surface area contributed by atoms with E-state index in [0.717, 1.165) is 5.69 Å². The Balaban J connectivity index is 1.10. The Labute approximate surface area is 409 Å². The van der Waals surface area contributed by atoms with Gasteiger partial charge in [0.25, 0.3) is 6.71 Å².